The summed E-state index contributed by atoms with van der Waals surface area (Å²) in [6, 6.07) is 1.95. The van der Waals surface area contributed by atoms with Gasteiger partial charge in [0.2, 0.25) is 0 Å². The number of carbonyl (C=O) groups excluding carboxylic acids is 1. The Morgan fingerprint density at radius 2 is 2.62 bits per heavy atom. The Labute approximate surface area is 77.4 Å². The molecule has 0 aromatic heterocycles. The Bertz CT molecular complexity index is 244. The van der Waals surface area contributed by atoms with Gasteiger partial charge >= 0.3 is 0 Å². The van der Waals surface area contributed by atoms with Gasteiger partial charge in [0.1, 0.15) is 12.6 Å². The van der Waals surface area contributed by atoms with Crippen LogP contribution in [0.1, 0.15) is 6.42 Å². The average Bonchev–Trinajstić information content (AvgIpc) is 2.13. The van der Waals surface area contributed by atoms with Crippen LogP contribution < -0.4 is 0 Å². The number of amides is 1. The maximum Gasteiger partial charge on any atom is 0.252 e. The third kappa shape index (κ3) is 2.30. The van der Waals surface area contributed by atoms with Crippen LogP contribution in [0.3, 0.4) is 0 Å². The summed E-state index contributed by atoms with van der Waals surface area (Å²) in [5, 5.41) is 8.45. The minimum atomic E-state index is -0.431. The first-order chi connectivity index (χ1) is 6.29. The molecule has 1 fully saturated rings. The maximum absolute atomic E-state index is 11.5. The number of morpholine rings is 1. The lowest BCUT2D eigenvalue weighted by Crippen LogP contribution is -2.47. The van der Waals surface area contributed by atoms with E-state index in [9.17, 15) is 4.79 Å². The van der Waals surface area contributed by atoms with Crippen molar-refractivity contribution >= 4 is 5.91 Å². The number of carbonyl (C=O) groups is 1. The molecule has 4 nitrogen and oxygen atoms in total. The highest BCUT2D eigenvalue weighted by Gasteiger charge is 2.27. The van der Waals surface area contributed by atoms with E-state index in [4.69, 9.17) is 10.00 Å². The van der Waals surface area contributed by atoms with Crippen molar-refractivity contribution in [1.82, 2.24) is 4.90 Å². The first kappa shape index (κ1) is 9.75. The fourth-order valence-electron chi connectivity index (χ4n) is 1.25. The second-order valence-corrected chi connectivity index (χ2v) is 2.80. The molecule has 0 aromatic carbocycles. The molecule has 1 rings (SSSR count). The van der Waals surface area contributed by atoms with Crippen molar-refractivity contribution in [3.8, 4) is 6.07 Å². The Morgan fingerprint density at radius 1 is 1.85 bits per heavy atom. The van der Waals surface area contributed by atoms with Crippen LogP contribution in [-0.2, 0) is 9.53 Å². The monoisotopic (exact) mass is 180 g/mol. The van der Waals surface area contributed by atoms with Crippen LogP contribution in [-0.4, -0.2) is 36.6 Å². The first-order valence-corrected chi connectivity index (χ1v) is 4.18. The summed E-state index contributed by atoms with van der Waals surface area (Å²) in [6.07, 6.45) is 1.73. The van der Waals surface area contributed by atoms with Crippen molar-refractivity contribution in [2.24, 2.45) is 0 Å². The zero-order valence-corrected chi connectivity index (χ0v) is 7.40. The zero-order valence-electron chi connectivity index (χ0n) is 7.40. The maximum atomic E-state index is 11.5. The summed E-state index contributed by atoms with van der Waals surface area (Å²) < 4.78 is 5.24. The number of hydrogen-bond acceptors (Lipinski definition) is 3. The molecular formula is C9H12N2O2. The van der Waals surface area contributed by atoms with E-state index in [0.29, 0.717) is 19.6 Å². The van der Waals surface area contributed by atoms with Crippen molar-refractivity contribution in [1.29, 1.82) is 5.26 Å². The predicted octanol–water partition coefficient (Wildman–Crippen LogP) is 0.313. The van der Waals surface area contributed by atoms with Crippen LogP contribution in [0.5, 0.6) is 0 Å². The smallest absolute Gasteiger partial charge is 0.252 e. The molecule has 1 amide bonds. The molecular weight excluding hydrogens is 168 g/mol. The lowest BCUT2D eigenvalue weighted by molar-refractivity contribution is -0.151. The molecule has 0 aliphatic carbocycles. The lowest BCUT2D eigenvalue weighted by atomic mass is 10.2. The molecule has 0 spiro atoms. The molecule has 0 bridgehead atoms. The Balaban J connectivity index is 2.55. The third-order valence-corrected chi connectivity index (χ3v) is 1.91. The SMILES string of the molecule is C=CCC1OCCN(CC#N)C1=O. The summed E-state index contributed by atoms with van der Waals surface area (Å²) in [7, 11) is 0. The second-order valence-electron chi connectivity index (χ2n) is 2.80. The molecule has 70 valence electrons. The average molecular weight is 180 g/mol. The standard InChI is InChI=1S/C9H12N2O2/c1-2-3-8-9(12)11(5-4-10)6-7-13-8/h2,8H,1,3,5-7H2. The molecule has 1 unspecified atom stereocenters. The third-order valence-electron chi connectivity index (χ3n) is 1.91. The van der Waals surface area contributed by atoms with E-state index in [1.807, 2.05) is 6.07 Å². The Hall–Kier alpha value is -1.34. The van der Waals surface area contributed by atoms with Gasteiger partial charge in [0.15, 0.2) is 0 Å². The van der Waals surface area contributed by atoms with E-state index < -0.39 is 6.10 Å². The van der Waals surface area contributed by atoms with Gasteiger partial charge in [0, 0.05) is 13.0 Å². The van der Waals surface area contributed by atoms with Crippen LogP contribution in [0.15, 0.2) is 12.7 Å². The molecule has 1 saturated heterocycles. The number of nitriles is 1. The van der Waals surface area contributed by atoms with Gasteiger partial charge in [-0.1, -0.05) is 6.08 Å². The van der Waals surface area contributed by atoms with Gasteiger partial charge in [-0.2, -0.15) is 5.26 Å². The lowest BCUT2D eigenvalue weighted by Gasteiger charge is -2.30. The highest BCUT2D eigenvalue weighted by Crippen LogP contribution is 2.10. The molecule has 1 aliphatic rings. The van der Waals surface area contributed by atoms with Crippen molar-refractivity contribution in [2.75, 3.05) is 19.7 Å². The van der Waals surface area contributed by atoms with Gasteiger partial charge in [-0.05, 0) is 0 Å². The second kappa shape index (κ2) is 4.63. The minimum absolute atomic E-state index is 0.104. The molecule has 13 heavy (non-hydrogen) atoms. The highest BCUT2D eigenvalue weighted by atomic mass is 16.5. The predicted molar refractivity (Wildman–Crippen MR) is 46.7 cm³/mol. The van der Waals surface area contributed by atoms with Crippen LogP contribution in [0.4, 0.5) is 0 Å². The summed E-state index contributed by atoms with van der Waals surface area (Å²) in [4.78, 5) is 13.0. The first-order valence-electron chi connectivity index (χ1n) is 4.18. The van der Waals surface area contributed by atoms with E-state index >= 15 is 0 Å². The molecule has 1 aliphatic heterocycles. The highest BCUT2D eigenvalue weighted by molar-refractivity contribution is 5.81. The minimum Gasteiger partial charge on any atom is -0.366 e. The van der Waals surface area contributed by atoms with Gasteiger partial charge in [-0.15, -0.1) is 6.58 Å². The van der Waals surface area contributed by atoms with E-state index in [-0.39, 0.29) is 12.5 Å². The zero-order chi connectivity index (χ0) is 9.68. The Morgan fingerprint density at radius 3 is 3.23 bits per heavy atom. The summed E-state index contributed by atoms with van der Waals surface area (Å²) in [5.41, 5.74) is 0. The van der Waals surface area contributed by atoms with E-state index in [1.165, 1.54) is 4.90 Å². The number of ether oxygens (including phenoxy) is 1. The van der Waals surface area contributed by atoms with Crippen LogP contribution in [0.25, 0.3) is 0 Å². The van der Waals surface area contributed by atoms with Gasteiger partial charge in [-0.3, -0.25) is 4.79 Å². The van der Waals surface area contributed by atoms with Crippen LogP contribution in [0, 0.1) is 11.3 Å². The molecule has 0 radical (unpaired) electrons. The topological polar surface area (TPSA) is 53.3 Å². The molecule has 1 atom stereocenters. The van der Waals surface area contributed by atoms with Gasteiger partial charge in [-0.25, -0.2) is 0 Å². The van der Waals surface area contributed by atoms with E-state index in [0.717, 1.165) is 0 Å². The van der Waals surface area contributed by atoms with Crippen molar-refractivity contribution in [2.45, 2.75) is 12.5 Å². The number of nitrogens with zero attached hydrogens (tertiary/aromatic N) is 2. The molecule has 1 heterocycles. The van der Waals surface area contributed by atoms with Crippen LogP contribution in [0.2, 0.25) is 0 Å². The van der Waals surface area contributed by atoms with Crippen molar-refractivity contribution in [3.63, 3.8) is 0 Å². The van der Waals surface area contributed by atoms with Gasteiger partial charge < -0.3 is 9.64 Å². The molecule has 0 N–H and O–H groups in total. The fraction of sp³-hybridized carbons (Fsp3) is 0.556. The largest absolute Gasteiger partial charge is 0.366 e. The summed E-state index contributed by atoms with van der Waals surface area (Å²) >= 11 is 0. The van der Waals surface area contributed by atoms with E-state index in [1.54, 1.807) is 6.08 Å². The fourth-order valence-corrected chi connectivity index (χ4v) is 1.25. The molecule has 0 aromatic rings. The summed E-state index contributed by atoms with van der Waals surface area (Å²) in [6.45, 7) is 4.71. The number of hydrogen-bond donors (Lipinski definition) is 0. The van der Waals surface area contributed by atoms with Crippen LogP contribution >= 0.6 is 0 Å². The Kier molecular flexibility index (Phi) is 3.47. The molecule has 0 saturated carbocycles. The quantitative estimate of drug-likeness (QED) is 0.464. The van der Waals surface area contributed by atoms with Gasteiger partial charge in [0.25, 0.3) is 5.91 Å². The normalized spacial score (nSPS) is 22.5. The molecule has 4 heteroatoms. The van der Waals surface area contributed by atoms with Crippen molar-refractivity contribution in [3.05, 3.63) is 12.7 Å². The van der Waals surface area contributed by atoms with Gasteiger partial charge in [0.05, 0.1) is 12.7 Å². The van der Waals surface area contributed by atoms with E-state index in [2.05, 4.69) is 6.58 Å². The number of rotatable bonds is 3. The van der Waals surface area contributed by atoms with Crippen molar-refractivity contribution < 1.29 is 9.53 Å². The summed E-state index contributed by atoms with van der Waals surface area (Å²) in [5.74, 6) is -0.104.